The van der Waals surface area contributed by atoms with Crippen LogP contribution in [-0.2, 0) is 14.6 Å². The standard InChI is InChI=1S/C13H16Cl2O5S/c1-2-3-4-20-5-6-21(18,19)12-7-9(13(16)17)10(14)8-11(12)15/h7-8H,2-6H2,1H3,(H,16,17). The molecule has 0 amide bonds. The average Bonchev–Trinajstić information content (AvgIpc) is 2.37. The summed E-state index contributed by atoms with van der Waals surface area (Å²) in [6.07, 6.45) is 1.81. The first-order valence-electron chi connectivity index (χ1n) is 6.32. The molecule has 21 heavy (non-hydrogen) atoms. The second-order valence-electron chi connectivity index (χ2n) is 4.35. The minimum Gasteiger partial charge on any atom is -0.478 e. The molecular weight excluding hydrogens is 339 g/mol. The molecule has 1 rings (SSSR count). The van der Waals surface area contributed by atoms with Crippen molar-refractivity contribution in [1.82, 2.24) is 0 Å². The van der Waals surface area contributed by atoms with Crippen molar-refractivity contribution in [3.63, 3.8) is 0 Å². The van der Waals surface area contributed by atoms with E-state index in [9.17, 15) is 13.2 Å². The predicted octanol–water partition coefficient (Wildman–Crippen LogP) is 3.28. The summed E-state index contributed by atoms with van der Waals surface area (Å²) in [6.45, 7) is 2.52. The summed E-state index contributed by atoms with van der Waals surface area (Å²) in [7, 11) is -3.73. The van der Waals surface area contributed by atoms with E-state index in [1.54, 1.807) is 0 Å². The summed E-state index contributed by atoms with van der Waals surface area (Å²) in [5.74, 6) is -1.58. The lowest BCUT2D eigenvalue weighted by atomic mass is 10.2. The molecule has 0 aromatic heterocycles. The summed E-state index contributed by atoms with van der Waals surface area (Å²) >= 11 is 11.6. The number of sulfone groups is 1. The highest BCUT2D eigenvalue weighted by molar-refractivity contribution is 7.91. The highest BCUT2D eigenvalue weighted by atomic mass is 35.5. The van der Waals surface area contributed by atoms with Crippen molar-refractivity contribution in [2.75, 3.05) is 19.0 Å². The molecule has 0 atom stereocenters. The van der Waals surface area contributed by atoms with Crippen LogP contribution in [0.15, 0.2) is 17.0 Å². The Morgan fingerprint density at radius 3 is 2.48 bits per heavy atom. The van der Waals surface area contributed by atoms with Gasteiger partial charge in [0, 0.05) is 6.61 Å². The van der Waals surface area contributed by atoms with Gasteiger partial charge in [0.2, 0.25) is 0 Å². The molecule has 118 valence electrons. The minimum atomic E-state index is -3.73. The average molecular weight is 355 g/mol. The molecule has 8 heteroatoms. The zero-order valence-electron chi connectivity index (χ0n) is 11.4. The Bertz CT molecular complexity index is 613. The summed E-state index contributed by atoms with van der Waals surface area (Å²) in [6, 6.07) is 2.10. The number of rotatable bonds is 8. The lowest BCUT2D eigenvalue weighted by molar-refractivity contribution is 0.0697. The Kier molecular flexibility index (Phi) is 6.93. The molecule has 0 bridgehead atoms. The van der Waals surface area contributed by atoms with E-state index < -0.39 is 15.8 Å². The fraction of sp³-hybridized carbons (Fsp3) is 0.462. The molecule has 0 fully saturated rings. The van der Waals surface area contributed by atoms with Crippen LogP contribution in [0, 0.1) is 0 Å². The van der Waals surface area contributed by atoms with Gasteiger partial charge < -0.3 is 9.84 Å². The first-order chi connectivity index (χ1) is 9.79. The minimum absolute atomic E-state index is 0.0314. The number of unbranched alkanes of at least 4 members (excludes halogenated alkanes) is 1. The zero-order chi connectivity index (χ0) is 16.0. The maximum absolute atomic E-state index is 12.2. The monoisotopic (exact) mass is 354 g/mol. The molecule has 0 aliphatic carbocycles. The van der Waals surface area contributed by atoms with Crippen LogP contribution in [0.4, 0.5) is 0 Å². The van der Waals surface area contributed by atoms with E-state index in [-0.39, 0.29) is 32.9 Å². The van der Waals surface area contributed by atoms with Crippen molar-refractivity contribution < 1.29 is 23.1 Å². The number of hydrogen-bond donors (Lipinski definition) is 1. The molecule has 0 spiro atoms. The third kappa shape index (κ3) is 5.14. The third-order valence-corrected chi connectivity index (χ3v) is 5.18. The second-order valence-corrected chi connectivity index (χ2v) is 7.24. The van der Waals surface area contributed by atoms with Gasteiger partial charge in [0.25, 0.3) is 0 Å². The first kappa shape index (κ1) is 18.2. The first-order valence-corrected chi connectivity index (χ1v) is 8.73. The Balaban J connectivity index is 2.92. The highest BCUT2D eigenvalue weighted by Crippen LogP contribution is 2.29. The number of benzene rings is 1. The quantitative estimate of drug-likeness (QED) is 0.724. The van der Waals surface area contributed by atoms with Crippen LogP contribution in [-0.4, -0.2) is 38.5 Å². The lowest BCUT2D eigenvalue weighted by Gasteiger charge is -2.09. The van der Waals surface area contributed by atoms with Crippen molar-refractivity contribution in [3.05, 3.63) is 27.7 Å². The summed E-state index contributed by atoms with van der Waals surface area (Å²) in [5, 5.41) is 8.77. The summed E-state index contributed by atoms with van der Waals surface area (Å²) in [4.78, 5) is 10.8. The highest BCUT2D eigenvalue weighted by Gasteiger charge is 2.22. The molecule has 1 aromatic rings. The van der Waals surface area contributed by atoms with E-state index in [0.29, 0.717) is 6.61 Å². The smallest absolute Gasteiger partial charge is 0.337 e. The maximum atomic E-state index is 12.2. The summed E-state index contributed by atoms with van der Waals surface area (Å²) < 4.78 is 29.6. The van der Waals surface area contributed by atoms with Crippen molar-refractivity contribution in [1.29, 1.82) is 0 Å². The van der Waals surface area contributed by atoms with Crippen molar-refractivity contribution in [2.45, 2.75) is 24.7 Å². The largest absolute Gasteiger partial charge is 0.478 e. The Labute approximate surface area is 133 Å². The molecule has 0 aliphatic heterocycles. The maximum Gasteiger partial charge on any atom is 0.337 e. The van der Waals surface area contributed by atoms with Gasteiger partial charge in [-0.3, -0.25) is 0 Å². The van der Waals surface area contributed by atoms with E-state index in [4.69, 9.17) is 33.0 Å². The SMILES string of the molecule is CCCCOCCS(=O)(=O)c1cc(C(=O)O)c(Cl)cc1Cl. The van der Waals surface area contributed by atoms with Gasteiger partial charge in [0.05, 0.1) is 32.9 Å². The molecule has 5 nitrogen and oxygen atoms in total. The number of aromatic carboxylic acids is 1. The molecule has 0 radical (unpaired) electrons. The van der Waals surface area contributed by atoms with Crippen molar-refractivity contribution in [3.8, 4) is 0 Å². The van der Waals surface area contributed by atoms with Gasteiger partial charge in [-0.15, -0.1) is 0 Å². The number of carboxylic acid groups (broad SMARTS) is 1. The number of carboxylic acids is 1. The van der Waals surface area contributed by atoms with Crippen LogP contribution >= 0.6 is 23.2 Å². The van der Waals surface area contributed by atoms with Gasteiger partial charge in [0.1, 0.15) is 0 Å². The van der Waals surface area contributed by atoms with Crippen LogP contribution < -0.4 is 0 Å². The topological polar surface area (TPSA) is 80.7 Å². The van der Waals surface area contributed by atoms with E-state index in [1.807, 2.05) is 6.92 Å². The molecule has 0 aliphatic rings. The second kappa shape index (κ2) is 7.98. The van der Waals surface area contributed by atoms with E-state index in [1.165, 1.54) is 0 Å². The van der Waals surface area contributed by atoms with Gasteiger partial charge in [-0.05, 0) is 18.6 Å². The zero-order valence-corrected chi connectivity index (χ0v) is 13.8. The normalized spacial score (nSPS) is 11.6. The van der Waals surface area contributed by atoms with E-state index in [0.717, 1.165) is 25.0 Å². The van der Waals surface area contributed by atoms with Crippen LogP contribution in [0.5, 0.6) is 0 Å². The van der Waals surface area contributed by atoms with Crippen LogP contribution in [0.1, 0.15) is 30.1 Å². The molecule has 0 saturated carbocycles. The number of halogens is 2. The fourth-order valence-electron chi connectivity index (χ4n) is 1.56. The Morgan fingerprint density at radius 2 is 1.90 bits per heavy atom. The third-order valence-electron chi connectivity index (χ3n) is 2.73. The van der Waals surface area contributed by atoms with Crippen LogP contribution in [0.3, 0.4) is 0 Å². The molecular formula is C13H16Cl2O5S. The van der Waals surface area contributed by atoms with Gasteiger partial charge >= 0.3 is 5.97 Å². The van der Waals surface area contributed by atoms with E-state index >= 15 is 0 Å². The van der Waals surface area contributed by atoms with Gasteiger partial charge in [-0.2, -0.15) is 0 Å². The predicted molar refractivity (Wildman–Crippen MR) is 81.2 cm³/mol. The van der Waals surface area contributed by atoms with Gasteiger partial charge in [-0.25, -0.2) is 13.2 Å². The number of ether oxygens (including phenoxy) is 1. The Hall–Kier alpha value is -0.820. The van der Waals surface area contributed by atoms with Crippen molar-refractivity contribution >= 4 is 39.0 Å². The Morgan fingerprint density at radius 1 is 1.24 bits per heavy atom. The van der Waals surface area contributed by atoms with Crippen LogP contribution in [0.2, 0.25) is 10.0 Å². The van der Waals surface area contributed by atoms with Gasteiger partial charge in [0.15, 0.2) is 9.84 Å². The van der Waals surface area contributed by atoms with Crippen molar-refractivity contribution in [2.24, 2.45) is 0 Å². The molecule has 0 saturated heterocycles. The lowest BCUT2D eigenvalue weighted by Crippen LogP contribution is -2.14. The van der Waals surface area contributed by atoms with Crippen LogP contribution in [0.25, 0.3) is 0 Å². The number of carbonyl (C=O) groups is 1. The molecule has 0 unspecified atom stereocenters. The molecule has 1 aromatic carbocycles. The molecule has 1 N–H and O–H groups in total. The summed E-state index contributed by atoms with van der Waals surface area (Å²) in [5.41, 5.74) is -0.299. The molecule has 0 heterocycles. The number of hydrogen-bond acceptors (Lipinski definition) is 4. The van der Waals surface area contributed by atoms with Gasteiger partial charge in [-0.1, -0.05) is 36.5 Å². The fourth-order valence-corrected chi connectivity index (χ4v) is 3.59. The van der Waals surface area contributed by atoms with E-state index in [2.05, 4.69) is 0 Å².